The van der Waals surface area contributed by atoms with Crippen LogP contribution in [-0.2, 0) is 6.18 Å². The molecule has 2 aromatic carbocycles. The van der Waals surface area contributed by atoms with E-state index in [0.717, 1.165) is 6.07 Å². The number of urea groups is 1. The van der Waals surface area contributed by atoms with E-state index in [1.807, 2.05) is 0 Å². The zero-order valence-electron chi connectivity index (χ0n) is 19.7. The largest absolute Gasteiger partial charge is 0.490 e. The van der Waals surface area contributed by atoms with Crippen LogP contribution in [0.4, 0.5) is 29.3 Å². The topological polar surface area (TPSA) is 114 Å². The van der Waals surface area contributed by atoms with Gasteiger partial charge in [0.25, 0.3) is 5.91 Å². The van der Waals surface area contributed by atoms with Gasteiger partial charge in [-0.05, 0) is 49.5 Å². The lowest BCUT2D eigenvalue weighted by molar-refractivity contribution is -0.138. The van der Waals surface area contributed by atoms with Crippen molar-refractivity contribution < 1.29 is 32.2 Å². The molecule has 9 nitrogen and oxygen atoms in total. The van der Waals surface area contributed by atoms with Gasteiger partial charge in [-0.3, -0.25) is 9.78 Å². The van der Waals surface area contributed by atoms with Crippen molar-refractivity contribution in [2.24, 2.45) is 0 Å². The van der Waals surface area contributed by atoms with Gasteiger partial charge in [-0.15, -0.1) is 0 Å². The minimum Gasteiger partial charge on any atom is -0.490 e. The van der Waals surface area contributed by atoms with E-state index in [0.29, 0.717) is 23.7 Å². The van der Waals surface area contributed by atoms with Crippen LogP contribution in [0.15, 0.2) is 54.7 Å². The Morgan fingerprint density at radius 2 is 1.73 bits per heavy atom. The highest BCUT2D eigenvalue weighted by Gasteiger charge is 2.39. The second-order valence-electron chi connectivity index (χ2n) is 7.41. The molecule has 0 saturated carbocycles. The number of rotatable bonds is 9. The number of alkyl halides is 3. The van der Waals surface area contributed by atoms with Crippen molar-refractivity contribution in [2.45, 2.75) is 6.18 Å². The maximum atomic E-state index is 13.8. The minimum atomic E-state index is -4.84. The number of carbonyl (C=O) groups excluding carboxylic acids is 2. The summed E-state index contributed by atoms with van der Waals surface area (Å²) >= 11 is 5.95. The van der Waals surface area contributed by atoms with Gasteiger partial charge in [-0.25, -0.2) is 4.79 Å². The molecule has 13 heteroatoms. The average molecular weight is 538 g/mol. The monoisotopic (exact) mass is 537 g/mol. The van der Waals surface area contributed by atoms with E-state index in [-0.39, 0.29) is 23.2 Å². The molecule has 3 rings (SSSR count). The number of halogens is 4. The van der Waals surface area contributed by atoms with Gasteiger partial charge in [0, 0.05) is 31.5 Å². The first kappa shape index (κ1) is 27.6. The van der Waals surface area contributed by atoms with Crippen molar-refractivity contribution in [3.8, 4) is 17.2 Å². The van der Waals surface area contributed by atoms with Crippen LogP contribution in [0.25, 0.3) is 0 Å². The van der Waals surface area contributed by atoms with Crippen molar-refractivity contribution >= 4 is 34.9 Å². The quantitative estimate of drug-likeness (QED) is 0.281. The summed E-state index contributed by atoms with van der Waals surface area (Å²) in [5.74, 6) is -0.191. The SMILES string of the molecule is CNCCOc1c(Cl)ccc(NC(=O)Nc2ccc(Oc3ccnc(C(=O)NC)c3)cc2)c1C(F)(F)F. The van der Waals surface area contributed by atoms with Gasteiger partial charge in [-0.1, -0.05) is 11.6 Å². The predicted octanol–water partition coefficient (Wildman–Crippen LogP) is 5.15. The molecule has 3 amide bonds. The maximum absolute atomic E-state index is 13.8. The predicted molar refractivity (Wildman–Crippen MR) is 133 cm³/mol. The summed E-state index contributed by atoms with van der Waals surface area (Å²) in [7, 11) is 3.10. The Kier molecular flexibility index (Phi) is 9.15. The van der Waals surface area contributed by atoms with E-state index in [4.69, 9.17) is 21.1 Å². The molecule has 37 heavy (non-hydrogen) atoms. The summed E-state index contributed by atoms with van der Waals surface area (Å²) in [6, 6.07) is 10.4. The maximum Gasteiger partial charge on any atom is 0.422 e. The van der Waals surface area contributed by atoms with Crippen LogP contribution in [0.3, 0.4) is 0 Å². The fourth-order valence-corrected chi connectivity index (χ4v) is 3.31. The van der Waals surface area contributed by atoms with E-state index >= 15 is 0 Å². The van der Waals surface area contributed by atoms with Gasteiger partial charge in [0.1, 0.15) is 29.4 Å². The fraction of sp³-hybridized carbons (Fsp3) is 0.208. The third kappa shape index (κ3) is 7.48. The van der Waals surface area contributed by atoms with Crippen molar-refractivity contribution in [1.82, 2.24) is 15.6 Å². The Hall–Kier alpha value is -4.03. The molecule has 4 N–H and O–H groups in total. The molecule has 0 bridgehead atoms. The molecule has 0 aliphatic carbocycles. The molecule has 0 saturated heterocycles. The highest BCUT2D eigenvalue weighted by Crippen LogP contribution is 2.45. The van der Waals surface area contributed by atoms with Crippen LogP contribution in [0.2, 0.25) is 5.02 Å². The van der Waals surface area contributed by atoms with Crippen molar-refractivity contribution in [3.05, 3.63) is 71.0 Å². The number of nitrogens with one attached hydrogen (secondary N) is 4. The van der Waals surface area contributed by atoms with Gasteiger partial charge in [0.15, 0.2) is 5.75 Å². The molecule has 3 aromatic rings. The lowest BCUT2D eigenvalue weighted by atomic mass is 10.1. The van der Waals surface area contributed by atoms with Gasteiger partial charge in [-0.2, -0.15) is 13.2 Å². The number of pyridine rings is 1. The number of nitrogens with zero attached hydrogens (tertiary/aromatic N) is 1. The number of benzene rings is 2. The molecule has 0 fully saturated rings. The first-order valence-corrected chi connectivity index (χ1v) is 11.2. The van der Waals surface area contributed by atoms with Crippen molar-refractivity contribution in [3.63, 3.8) is 0 Å². The second-order valence-corrected chi connectivity index (χ2v) is 7.82. The number of carbonyl (C=O) groups is 2. The molecule has 1 heterocycles. The molecule has 196 valence electrons. The van der Waals surface area contributed by atoms with E-state index < -0.39 is 29.2 Å². The summed E-state index contributed by atoms with van der Waals surface area (Å²) in [4.78, 5) is 28.1. The molecule has 0 aliphatic heterocycles. The van der Waals surface area contributed by atoms with E-state index in [1.165, 1.54) is 49.6 Å². The van der Waals surface area contributed by atoms with Gasteiger partial charge < -0.3 is 30.7 Å². The van der Waals surface area contributed by atoms with Crippen LogP contribution < -0.4 is 30.7 Å². The lowest BCUT2D eigenvalue weighted by Gasteiger charge is -2.19. The number of hydrogen-bond donors (Lipinski definition) is 4. The molecular weight excluding hydrogens is 515 g/mol. The zero-order chi connectivity index (χ0) is 27.0. The Balaban J connectivity index is 1.71. The molecule has 0 spiro atoms. The number of likely N-dealkylation sites (N-methyl/N-ethyl adjacent to an activating group) is 1. The highest BCUT2D eigenvalue weighted by molar-refractivity contribution is 6.32. The van der Waals surface area contributed by atoms with Crippen LogP contribution in [0, 0.1) is 0 Å². The van der Waals surface area contributed by atoms with Gasteiger partial charge in [0.05, 0.1) is 10.7 Å². The minimum absolute atomic E-state index is 0.0595. The number of anilines is 2. The summed E-state index contributed by atoms with van der Waals surface area (Å²) in [6.07, 6.45) is -3.42. The summed E-state index contributed by atoms with van der Waals surface area (Å²) in [5, 5.41) is 9.65. The molecule has 1 aromatic heterocycles. The molecule has 0 atom stereocenters. The second kappa shape index (κ2) is 12.3. The first-order chi connectivity index (χ1) is 17.6. The van der Waals surface area contributed by atoms with E-state index in [2.05, 4.69) is 26.3 Å². The van der Waals surface area contributed by atoms with Crippen LogP contribution in [0.1, 0.15) is 16.1 Å². The van der Waals surface area contributed by atoms with E-state index in [1.54, 1.807) is 13.1 Å². The first-order valence-electron chi connectivity index (χ1n) is 10.8. The molecule has 0 radical (unpaired) electrons. The molecular formula is C24H23ClF3N5O4. The Bertz CT molecular complexity index is 1260. The number of ether oxygens (including phenoxy) is 2. The highest BCUT2D eigenvalue weighted by atomic mass is 35.5. The Morgan fingerprint density at radius 3 is 2.38 bits per heavy atom. The fourth-order valence-electron chi connectivity index (χ4n) is 3.09. The number of hydrogen-bond acceptors (Lipinski definition) is 6. The molecule has 0 unspecified atom stereocenters. The summed E-state index contributed by atoms with van der Waals surface area (Å²) in [6.45, 7) is 0.234. The van der Waals surface area contributed by atoms with Crippen LogP contribution >= 0.6 is 11.6 Å². The van der Waals surface area contributed by atoms with Gasteiger partial charge >= 0.3 is 12.2 Å². The number of aromatic nitrogens is 1. The Morgan fingerprint density at radius 1 is 1.00 bits per heavy atom. The smallest absolute Gasteiger partial charge is 0.422 e. The van der Waals surface area contributed by atoms with Crippen molar-refractivity contribution in [2.75, 3.05) is 37.9 Å². The normalized spacial score (nSPS) is 11.0. The Labute approximate surface area is 215 Å². The standard InChI is InChI=1S/C24H23ClF3N5O4/c1-29-11-12-36-21-17(25)7-8-18(20(21)24(26,27)28)33-23(35)32-14-3-5-15(6-4-14)37-16-9-10-31-19(13-16)22(34)30-2/h3-10,13,29H,11-12H2,1-2H3,(H,30,34)(H2,32,33,35). The van der Waals surface area contributed by atoms with Crippen LogP contribution in [0.5, 0.6) is 17.2 Å². The third-order valence-corrected chi connectivity index (χ3v) is 5.08. The molecule has 0 aliphatic rings. The van der Waals surface area contributed by atoms with Crippen molar-refractivity contribution in [1.29, 1.82) is 0 Å². The number of amides is 3. The lowest BCUT2D eigenvalue weighted by Crippen LogP contribution is -2.23. The average Bonchev–Trinajstić information content (AvgIpc) is 2.86. The van der Waals surface area contributed by atoms with E-state index in [9.17, 15) is 22.8 Å². The summed E-state index contributed by atoms with van der Waals surface area (Å²) < 4.78 is 52.4. The van der Waals surface area contributed by atoms with Gasteiger partial charge in [0.2, 0.25) is 0 Å². The zero-order valence-corrected chi connectivity index (χ0v) is 20.5. The van der Waals surface area contributed by atoms with Crippen LogP contribution in [-0.4, -0.2) is 44.2 Å². The summed E-state index contributed by atoms with van der Waals surface area (Å²) in [5.41, 5.74) is -1.24. The third-order valence-electron chi connectivity index (χ3n) is 4.78.